The maximum absolute atomic E-state index is 14.1. The van der Waals surface area contributed by atoms with Gasteiger partial charge in [-0.05, 0) is 40.2 Å². The van der Waals surface area contributed by atoms with Crippen LogP contribution in [0.2, 0.25) is 0 Å². The maximum atomic E-state index is 14.1. The normalized spacial score (nSPS) is 11.8. The number of fused-ring (bicyclic) bond motifs is 1. The van der Waals surface area contributed by atoms with E-state index in [1.54, 1.807) is 20.0 Å². The van der Waals surface area contributed by atoms with Crippen LogP contribution in [0.5, 0.6) is 0 Å². The molecule has 0 radical (unpaired) electrons. The Morgan fingerprint density at radius 2 is 2.10 bits per heavy atom. The van der Waals surface area contributed by atoms with Gasteiger partial charge in [-0.2, -0.15) is 5.10 Å². The lowest BCUT2D eigenvalue weighted by Crippen LogP contribution is -2.31. The third-order valence-corrected chi connectivity index (χ3v) is 4.24. The number of halogens is 1. The van der Waals surface area contributed by atoms with E-state index in [-0.39, 0.29) is 11.9 Å². The van der Waals surface area contributed by atoms with Gasteiger partial charge >= 0.3 is 0 Å². The summed E-state index contributed by atoms with van der Waals surface area (Å²) in [7, 11) is 0. The summed E-state index contributed by atoms with van der Waals surface area (Å²) in [5.41, 5.74) is 1.08. The molecule has 3 heterocycles. The summed E-state index contributed by atoms with van der Waals surface area (Å²) in [6.45, 7) is 7.57. The van der Waals surface area contributed by atoms with Gasteiger partial charge in [0.05, 0.1) is 41.1 Å². The molecule has 3 N–H and O–H groups in total. The number of carbonyl (C=O) groups excluding carboxylic acids is 1. The number of carbonyl (C=O) groups is 1. The zero-order valence-electron chi connectivity index (χ0n) is 16.9. The molecule has 0 unspecified atom stereocenters. The zero-order valence-corrected chi connectivity index (χ0v) is 16.9. The van der Waals surface area contributed by atoms with Crippen molar-refractivity contribution in [1.82, 2.24) is 24.9 Å². The Hall–Kier alpha value is -3.07. The third-order valence-electron chi connectivity index (χ3n) is 4.24. The SMILES string of the molecule is CC(C)Nc1c(C(=O)NCCC(C)(C)O)cnn2cc(-c3ccncc3F)nc12. The van der Waals surface area contributed by atoms with Gasteiger partial charge < -0.3 is 15.7 Å². The average molecular weight is 400 g/mol. The molecule has 0 atom stereocenters. The van der Waals surface area contributed by atoms with Gasteiger partial charge in [-0.3, -0.25) is 9.78 Å². The molecule has 9 heteroatoms. The van der Waals surface area contributed by atoms with Crippen molar-refractivity contribution >= 4 is 17.2 Å². The molecule has 8 nitrogen and oxygen atoms in total. The molecule has 0 aromatic carbocycles. The topological polar surface area (TPSA) is 104 Å². The van der Waals surface area contributed by atoms with Gasteiger partial charge in [-0.15, -0.1) is 0 Å². The molecule has 0 aliphatic carbocycles. The van der Waals surface area contributed by atoms with E-state index in [1.165, 1.54) is 23.0 Å². The third kappa shape index (κ3) is 4.86. The fraction of sp³-hybridized carbons (Fsp3) is 0.400. The van der Waals surface area contributed by atoms with E-state index >= 15 is 0 Å². The number of rotatable bonds is 7. The highest BCUT2D eigenvalue weighted by Crippen LogP contribution is 2.27. The monoisotopic (exact) mass is 400 g/mol. The number of aromatic nitrogens is 4. The molecule has 3 rings (SSSR count). The highest BCUT2D eigenvalue weighted by molar-refractivity contribution is 6.02. The van der Waals surface area contributed by atoms with E-state index in [0.717, 1.165) is 6.20 Å². The van der Waals surface area contributed by atoms with Crippen molar-refractivity contribution < 1.29 is 14.3 Å². The average Bonchev–Trinajstić information content (AvgIpc) is 3.05. The highest BCUT2D eigenvalue weighted by atomic mass is 19.1. The van der Waals surface area contributed by atoms with Crippen LogP contribution in [0.3, 0.4) is 0 Å². The van der Waals surface area contributed by atoms with Crippen molar-refractivity contribution in [2.24, 2.45) is 0 Å². The minimum Gasteiger partial charge on any atom is -0.390 e. The Balaban J connectivity index is 2.00. The number of nitrogens with one attached hydrogen (secondary N) is 2. The first-order valence-electron chi connectivity index (χ1n) is 9.41. The summed E-state index contributed by atoms with van der Waals surface area (Å²) in [6.07, 6.45) is 6.09. The summed E-state index contributed by atoms with van der Waals surface area (Å²) >= 11 is 0. The number of nitrogens with zero attached hydrogens (tertiary/aromatic N) is 4. The van der Waals surface area contributed by atoms with Gasteiger partial charge in [0.1, 0.15) is 0 Å². The predicted molar refractivity (Wildman–Crippen MR) is 108 cm³/mol. The molecule has 0 aliphatic heterocycles. The fourth-order valence-electron chi connectivity index (χ4n) is 2.83. The van der Waals surface area contributed by atoms with Crippen molar-refractivity contribution in [2.45, 2.75) is 45.8 Å². The van der Waals surface area contributed by atoms with E-state index in [1.807, 2.05) is 13.8 Å². The Morgan fingerprint density at radius 3 is 2.76 bits per heavy atom. The molecule has 0 saturated carbocycles. The second-order valence-corrected chi connectivity index (χ2v) is 7.80. The van der Waals surface area contributed by atoms with Crippen molar-refractivity contribution in [3.8, 4) is 11.3 Å². The van der Waals surface area contributed by atoms with Crippen LogP contribution < -0.4 is 10.6 Å². The van der Waals surface area contributed by atoms with Crippen LogP contribution in [0.25, 0.3) is 16.9 Å². The van der Waals surface area contributed by atoms with Crippen LogP contribution in [0.4, 0.5) is 10.1 Å². The first kappa shape index (κ1) is 20.7. The van der Waals surface area contributed by atoms with Crippen molar-refractivity contribution in [2.75, 3.05) is 11.9 Å². The summed E-state index contributed by atoms with van der Waals surface area (Å²) in [4.78, 5) is 21.0. The lowest BCUT2D eigenvalue weighted by atomic mass is 10.1. The molecule has 154 valence electrons. The zero-order chi connectivity index (χ0) is 21.2. The van der Waals surface area contributed by atoms with Crippen LogP contribution >= 0.6 is 0 Å². The Kier molecular flexibility index (Phi) is 5.78. The lowest BCUT2D eigenvalue weighted by Gasteiger charge is -2.18. The van der Waals surface area contributed by atoms with Gasteiger partial charge in [-0.25, -0.2) is 13.9 Å². The lowest BCUT2D eigenvalue weighted by molar-refractivity contribution is 0.0693. The van der Waals surface area contributed by atoms with Crippen molar-refractivity contribution in [1.29, 1.82) is 0 Å². The Labute approximate surface area is 168 Å². The van der Waals surface area contributed by atoms with Crippen molar-refractivity contribution in [3.05, 3.63) is 42.2 Å². The molecule has 0 spiro atoms. The van der Waals surface area contributed by atoms with Crippen LogP contribution in [-0.4, -0.2) is 48.8 Å². The number of hydrogen-bond acceptors (Lipinski definition) is 6. The van der Waals surface area contributed by atoms with Gasteiger partial charge in [0, 0.05) is 24.3 Å². The fourth-order valence-corrected chi connectivity index (χ4v) is 2.83. The smallest absolute Gasteiger partial charge is 0.255 e. The molecular weight excluding hydrogens is 375 g/mol. The molecule has 0 fully saturated rings. The summed E-state index contributed by atoms with van der Waals surface area (Å²) in [5, 5.41) is 20.1. The molecule has 0 aliphatic rings. The standard InChI is InChI=1S/C20H25FN6O2/c1-12(2)25-17-14(19(28)23-8-6-20(3,4)29)9-24-27-11-16(26-18(17)27)13-5-7-22-10-15(13)21/h5,7,9-12,25,29H,6,8H2,1-4H3,(H,23,28). The van der Waals surface area contributed by atoms with Crippen LogP contribution in [0.15, 0.2) is 30.9 Å². The van der Waals surface area contributed by atoms with E-state index < -0.39 is 11.4 Å². The molecule has 1 amide bonds. The number of anilines is 1. The van der Waals surface area contributed by atoms with Gasteiger partial charge in [0.2, 0.25) is 0 Å². The van der Waals surface area contributed by atoms with Crippen LogP contribution in [-0.2, 0) is 0 Å². The first-order valence-corrected chi connectivity index (χ1v) is 9.41. The molecule has 3 aromatic heterocycles. The van der Waals surface area contributed by atoms with E-state index in [0.29, 0.717) is 41.1 Å². The number of imidazole rings is 1. The van der Waals surface area contributed by atoms with Gasteiger partial charge in [0.15, 0.2) is 11.5 Å². The molecular formula is C20H25FN6O2. The van der Waals surface area contributed by atoms with Gasteiger partial charge in [0.25, 0.3) is 5.91 Å². The molecule has 3 aromatic rings. The Morgan fingerprint density at radius 1 is 1.34 bits per heavy atom. The molecule has 0 saturated heterocycles. The highest BCUT2D eigenvalue weighted by Gasteiger charge is 2.20. The minimum atomic E-state index is -0.874. The number of amides is 1. The minimum absolute atomic E-state index is 0.0296. The van der Waals surface area contributed by atoms with E-state index in [9.17, 15) is 14.3 Å². The second-order valence-electron chi connectivity index (χ2n) is 7.80. The van der Waals surface area contributed by atoms with Gasteiger partial charge in [-0.1, -0.05) is 0 Å². The first-order chi connectivity index (χ1) is 13.7. The second kappa shape index (κ2) is 8.12. The summed E-state index contributed by atoms with van der Waals surface area (Å²) in [6, 6.07) is 1.57. The molecule has 29 heavy (non-hydrogen) atoms. The number of pyridine rings is 1. The quantitative estimate of drug-likeness (QED) is 0.563. The largest absolute Gasteiger partial charge is 0.390 e. The predicted octanol–water partition coefficient (Wildman–Crippen LogP) is 2.64. The van der Waals surface area contributed by atoms with Crippen LogP contribution in [0.1, 0.15) is 44.5 Å². The summed E-state index contributed by atoms with van der Waals surface area (Å²) < 4.78 is 15.6. The maximum Gasteiger partial charge on any atom is 0.255 e. The van der Waals surface area contributed by atoms with E-state index in [4.69, 9.17) is 0 Å². The Bertz CT molecular complexity index is 1030. The summed E-state index contributed by atoms with van der Waals surface area (Å²) in [5.74, 6) is -0.814. The van der Waals surface area contributed by atoms with E-state index in [2.05, 4.69) is 25.7 Å². The molecule has 0 bridgehead atoms. The van der Waals surface area contributed by atoms with Crippen molar-refractivity contribution in [3.63, 3.8) is 0 Å². The number of aliphatic hydroxyl groups is 1. The number of hydrogen-bond donors (Lipinski definition) is 3. The van der Waals surface area contributed by atoms with Crippen LogP contribution in [0, 0.1) is 5.82 Å².